The van der Waals surface area contributed by atoms with Crippen LogP contribution in [0.3, 0.4) is 0 Å². The van der Waals surface area contributed by atoms with Crippen molar-refractivity contribution in [1.82, 2.24) is 25.1 Å². The first-order chi connectivity index (χ1) is 24.1. The average molecular weight is 666 g/mol. The van der Waals surface area contributed by atoms with Crippen LogP contribution in [0.2, 0.25) is 0 Å². The number of likely N-dealkylation sites (tertiary alicyclic amines) is 1. The molecule has 10 heteroatoms. The second kappa shape index (κ2) is 12.9. The Hall–Kier alpha value is -3.63. The van der Waals surface area contributed by atoms with Crippen LogP contribution < -0.4 is 19.9 Å². The van der Waals surface area contributed by atoms with Crippen molar-refractivity contribution < 1.29 is 14.3 Å². The van der Waals surface area contributed by atoms with E-state index >= 15 is 0 Å². The van der Waals surface area contributed by atoms with Gasteiger partial charge in [0.05, 0.1) is 17.8 Å². The van der Waals surface area contributed by atoms with Gasteiger partial charge in [-0.2, -0.15) is 9.97 Å². The standard InChI is InChI=1S/C39H51N7O3/c1-2-27-8-5-9-28-10-6-11-34(35(27)28)44-21-15-32-33(24-44)41-37(42-36(32)45-22-29-12-13-30(23-45)40-29)49-26-39-16-7-20-46(39)31(14-17-39)25-48-38(47)43-18-3-4-19-43/h5-6,8-11,29-31,40H,2-4,7,12-26H2,1H3/t29?,30?,31-,39-/m1/s1. The average Bonchev–Trinajstić information content (AvgIpc) is 3.94. The smallest absolute Gasteiger partial charge is 0.409 e. The number of nitrogens with zero attached hydrogens (tertiary/aromatic N) is 6. The lowest BCUT2D eigenvalue weighted by Crippen LogP contribution is -2.52. The van der Waals surface area contributed by atoms with Crippen LogP contribution in [0.25, 0.3) is 10.8 Å². The van der Waals surface area contributed by atoms with Gasteiger partial charge in [0.25, 0.3) is 0 Å². The van der Waals surface area contributed by atoms with Crippen molar-refractivity contribution in [3.8, 4) is 6.01 Å². The number of aromatic nitrogens is 2. The number of carbonyl (C=O) groups excluding carboxylic acids is 1. The third kappa shape index (κ3) is 5.78. The fourth-order valence-corrected chi connectivity index (χ4v) is 9.99. The fourth-order valence-electron chi connectivity index (χ4n) is 9.99. The number of nitrogens with one attached hydrogen (secondary N) is 1. The number of amides is 1. The highest BCUT2D eigenvalue weighted by Gasteiger charge is 2.50. The molecule has 2 unspecified atom stereocenters. The molecule has 0 aliphatic carbocycles. The van der Waals surface area contributed by atoms with Crippen LogP contribution in [-0.4, -0.2) is 102 Å². The summed E-state index contributed by atoms with van der Waals surface area (Å²) in [5, 5.41) is 6.46. The highest BCUT2D eigenvalue weighted by Crippen LogP contribution is 2.43. The van der Waals surface area contributed by atoms with E-state index in [0.717, 1.165) is 109 Å². The number of benzene rings is 2. The van der Waals surface area contributed by atoms with E-state index in [1.54, 1.807) is 0 Å². The first kappa shape index (κ1) is 31.4. The predicted molar refractivity (Wildman–Crippen MR) is 192 cm³/mol. The van der Waals surface area contributed by atoms with Gasteiger partial charge < -0.3 is 29.5 Å². The maximum atomic E-state index is 12.7. The van der Waals surface area contributed by atoms with Crippen LogP contribution >= 0.6 is 0 Å². The van der Waals surface area contributed by atoms with Crippen molar-refractivity contribution >= 4 is 28.4 Å². The molecular formula is C39H51N7O3. The fraction of sp³-hybridized carbons (Fsp3) is 0.615. The minimum Gasteiger partial charge on any atom is -0.461 e. The highest BCUT2D eigenvalue weighted by atomic mass is 16.6. The van der Waals surface area contributed by atoms with Crippen molar-refractivity contribution in [3.05, 3.63) is 53.2 Å². The molecule has 4 atom stereocenters. The van der Waals surface area contributed by atoms with E-state index < -0.39 is 0 Å². The second-order valence-corrected chi connectivity index (χ2v) is 15.4. The Kier molecular flexibility index (Phi) is 8.27. The van der Waals surface area contributed by atoms with Crippen LogP contribution in [0.4, 0.5) is 16.3 Å². The number of hydrogen-bond donors (Lipinski definition) is 1. The Bertz CT molecular complexity index is 1690. The van der Waals surface area contributed by atoms with Gasteiger partial charge in [-0.05, 0) is 87.8 Å². The number of aryl methyl sites for hydroxylation is 1. The number of carbonyl (C=O) groups is 1. The molecule has 260 valence electrons. The van der Waals surface area contributed by atoms with Gasteiger partial charge in [0.1, 0.15) is 19.0 Å². The summed E-state index contributed by atoms with van der Waals surface area (Å²) in [4.78, 5) is 32.6. The van der Waals surface area contributed by atoms with Gasteiger partial charge in [-0.3, -0.25) is 4.90 Å². The molecule has 6 aliphatic rings. The topological polar surface area (TPSA) is 86.3 Å². The van der Waals surface area contributed by atoms with Gasteiger partial charge >= 0.3 is 12.1 Å². The summed E-state index contributed by atoms with van der Waals surface area (Å²) in [5.41, 5.74) is 5.03. The Morgan fingerprint density at radius 2 is 1.76 bits per heavy atom. The van der Waals surface area contributed by atoms with E-state index in [2.05, 4.69) is 63.3 Å². The molecule has 3 aromatic rings. The zero-order chi connectivity index (χ0) is 33.0. The highest BCUT2D eigenvalue weighted by molar-refractivity contribution is 5.97. The molecule has 2 bridgehead atoms. The third-order valence-corrected chi connectivity index (χ3v) is 12.5. The van der Waals surface area contributed by atoms with Crippen LogP contribution in [-0.2, 0) is 24.1 Å². The Morgan fingerprint density at radius 1 is 0.939 bits per heavy atom. The molecule has 1 aromatic heterocycles. The molecule has 0 spiro atoms. The van der Waals surface area contributed by atoms with Gasteiger partial charge in [-0.15, -0.1) is 0 Å². The van der Waals surface area contributed by atoms with E-state index in [1.807, 2.05) is 4.90 Å². The molecule has 0 saturated carbocycles. The van der Waals surface area contributed by atoms with Crippen molar-refractivity contribution in [2.45, 2.75) is 101 Å². The summed E-state index contributed by atoms with van der Waals surface area (Å²) >= 11 is 0. The molecule has 10 nitrogen and oxygen atoms in total. The SMILES string of the molecule is CCc1cccc2cccc(N3CCc4c(nc(OC[C@]56CCCN5[C@@H](COC(=O)N5CCCC5)CC6)nc4N4CC5CCC(C4)N5)C3)c12. The van der Waals surface area contributed by atoms with E-state index in [9.17, 15) is 4.79 Å². The van der Waals surface area contributed by atoms with Crippen LogP contribution in [0.1, 0.15) is 75.1 Å². The Labute approximate surface area is 290 Å². The summed E-state index contributed by atoms with van der Waals surface area (Å²) in [5.74, 6) is 1.09. The van der Waals surface area contributed by atoms with E-state index in [-0.39, 0.29) is 17.7 Å². The van der Waals surface area contributed by atoms with Crippen molar-refractivity contribution in [2.24, 2.45) is 0 Å². The second-order valence-electron chi connectivity index (χ2n) is 15.4. The summed E-state index contributed by atoms with van der Waals surface area (Å²) in [6.07, 6.45) is 10.7. The Balaban J connectivity index is 0.976. The zero-order valence-electron chi connectivity index (χ0n) is 29.0. The normalized spacial score (nSPS) is 27.9. The van der Waals surface area contributed by atoms with Crippen molar-refractivity contribution in [2.75, 3.05) is 62.3 Å². The summed E-state index contributed by atoms with van der Waals surface area (Å²) < 4.78 is 12.6. The predicted octanol–water partition coefficient (Wildman–Crippen LogP) is 5.30. The molecule has 1 N–H and O–H groups in total. The minimum absolute atomic E-state index is 0.0517. The lowest BCUT2D eigenvalue weighted by Gasteiger charge is -2.38. The summed E-state index contributed by atoms with van der Waals surface area (Å²) in [7, 11) is 0. The summed E-state index contributed by atoms with van der Waals surface area (Å²) in [6.45, 7) is 9.62. The van der Waals surface area contributed by atoms with E-state index in [4.69, 9.17) is 19.4 Å². The zero-order valence-corrected chi connectivity index (χ0v) is 29.0. The van der Waals surface area contributed by atoms with Gasteiger partial charge in [-0.25, -0.2) is 4.79 Å². The van der Waals surface area contributed by atoms with Crippen molar-refractivity contribution in [1.29, 1.82) is 0 Å². The molecule has 1 amide bonds. The molecule has 2 aromatic carbocycles. The quantitative estimate of drug-likeness (QED) is 0.345. The maximum Gasteiger partial charge on any atom is 0.409 e. The Morgan fingerprint density at radius 3 is 2.57 bits per heavy atom. The van der Waals surface area contributed by atoms with Crippen LogP contribution in [0.15, 0.2) is 36.4 Å². The summed E-state index contributed by atoms with van der Waals surface area (Å²) in [6, 6.07) is 15.2. The molecule has 0 radical (unpaired) electrons. The molecule has 5 saturated heterocycles. The number of rotatable bonds is 8. The largest absolute Gasteiger partial charge is 0.461 e. The molecule has 9 rings (SSSR count). The lowest BCUT2D eigenvalue weighted by molar-refractivity contribution is 0.0462. The first-order valence-corrected chi connectivity index (χ1v) is 19.0. The van der Waals surface area contributed by atoms with Crippen molar-refractivity contribution in [3.63, 3.8) is 0 Å². The van der Waals surface area contributed by atoms with Gasteiger partial charge in [0.15, 0.2) is 0 Å². The molecule has 5 fully saturated rings. The van der Waals surface area contributed by atoms with E-state index in [1.165, 1.54) is 40.4 Å². The first-order valence-electron chi connectivity index (χ1n) is 19.0. The number of anilines is 2. The number of hydrogen-bond acceptors (Lipinski definition) is 9. The molecular weight excluding hydrogens is 614 g/mol. The molecule has 6 aliphatic heterocycles. The maximum absolute atomic E-state index is 12.7. The number of ether oxygens (including phenoxy) is 2. The van der Waals surface area contributed by atoms with Crippen LogP contribution in [0, 0.1) is 0 Å². The lowest BCUT2D eigenvalue weighted by atomic mass is 9.95. The monoisotopic (exact) mass is 665 g/mol. The molecule has 7 heterocycles. The molecule has 49 heavy (non-hydrogen) atoms. The number of fused-ring (bicyclic) bond motifs is 5. The third-order valence-electron chi connectivity index (χ3n) is 12.5. The number of piperazine rings is 1. The van der Waals surface area contributed by atoms with Gasteiger partial charge in [0, 0.05) is 67.5 Å². The minimum atomic E-state index is -0.148. The van der Waals surface area contributed by atoms with E-state index in [0.29, 0.717) is 31.3 Å². The van der Waals surface area contributed by atoms with Gasteiger partial charge in [0.2, 0.25) is 0 Å². The van der Waals surface area contributed by atoms with Gasteiger partial charge in [-0.1, -0.05) is 37.3 Å². The van der Waals surface area contributed by atoms with Crippen LogP contribution in [0.5, 0.6) is 6.01 Å².